The predicted molar refractivity (Wildman–Crippen MR) is 150 cm³/mol. The van der Waals surface area contributed by atoms with E-state index in [1.54, 1.807) is 40.1 Å². The van der Waals surface area contributed by atoms with E-state index in [4.69, 9.17) is 26.7 Å². The number of carbonyl (C=O) groups is 3. The Balaban J connectivity index is 1.39. The lowest BCUT2D eigenvalue weighted by Crippen LogP contribution is -2.52. The van der Waals surface area contributed by atoms with Crippen LogP contribution in [0.2, 0.25) is 5.02 Å². The Morgan fingerprint density at radius 2 is 1.67 bits per heavy atom. The molecule has 1 aromatic heterocycles. The van der Waals surface area contributed by atoms with Crippen molar-refractivity contribution in [2.75, 3.05) is 24.5 Å². The molecule has 0 bridgehead atoms. The summed E-state index contributed by atoms with van der Waals surface area (Å²) in [6.07, 6.45) is 1.80. The number of aliphatic carboxylic acids is 1. The zero-order valence-corrected chi connectivity index (χ0v) is 22.0. The van der Waals surface area contributed by atoms with Crippen LogP contribution in [0, 0.1) is 0 Å². The smallest absolute Gasteiger partial charge is 0.303 e. The van der Waals surface area contributed by atoms with Gasteiger partial charge in [-0.3, -0.25) is 14.4 Å². The van der Waals surface area contributed by atoms with E-state index >= 15 is 0 Å². The maximum absolute atomic E-state index is 13.4. The number of carboxylic acids is 1. The molecule has 5 rings (SSSR count). The minimum Gasteiger partial charge on any atom is -0.481 e. The van der Waals surface area contributed by atoms with Crippen LogP contribution in [0.3, 0.4) is 0 Å². The van der Waals surface area contributed by atoms with E-state index in [9.17, 15) is 14.4 Å². The van der Waals surface area contributed by atoms with Crippen LogP contribution in [0.15, 0.2) is 72.8 Å². The summed E-state index contributed by atoms with van der Waals surface area (Å²) in [5.41, 5.74) is 4.76. The van der Waals surface area contributed by atoms with Crippen LogP contribution in [-0.2, 0) is 16.0 Å². The summed E-state index contributed by atoms with van der Waals surface area (Å²) >= 11 is 6.07. The van der Waals surface area contributed by atoms with Crippen molar-refractivity contribution in [1.82, 2.24) is 14.9 Å². The van der Waals surface area contributed by atoms with E-state index in [1.807, 2.05) is 42.5 Å². The fourth-order valence-electron chi connectivity index (χ4n) is 4.72. The molecule has 3 aromatic carbocycles. The number of rotatable bonds is 8. The molecule has 0 spiro atoms. The first-order chi connectivity index (χ1) is 18.9. The van der Waals surface area contributed by atoms with Gasteiger partial charge >= 0.3 is 5.97 Å². The van der Waals surface area contributed by atoms with E-state index in [-0.39, 0.29) is 24.8 Å². The molecule has 1 fully saturated rings. The Labute approximate surface area is 230 Å². The monoisotopic (exact) mass is 542 g/mol. The molecule has 0 saturated carbocycles. The Morgan fingerprint density at radius 1 is 0.897 bits per heavy atom. The number of carboxylic acid groups (broad SMARTS) is 1. The molecule has 2 amide bonds. The van der Waals surface area contributed by atoms with Crippen LogP contribution in [0.1, 0.15) is 35.3 Å². The molecule has 0 atom stereocenters. The zero-order valence-electron chi connectivity index (χ0n) is 21.2. The summed E-state index contributed by atoms with van der Waals surface area (Å²) in [6, 6.07) is 22.0. The third-order valence-electron chi connectivity index (χ3n) is 6.73. The molecule has 9 heteroatoms. The van der Waals surface area contributed by atoms with E-state index in [1.165, 1.54) is 0 Å². The van der Waals surface area contributed by atoms with Crippen molar-refractivity contribution in [3.8, 4) is 11.3 Å². The highest BCUT2D eigenvalue weighted by atomic mass is 35.5. The number of nitrogens with zero attached hydrogens (tertiary/aromatic N) is 4. The number of anilines is 1. The van der Waals surface area contributed by atoms with Crippen molar-refractivity contribution in [1.29, 1.82) is 0 Å². The fraction of sp³-hybridized carbons (Fsp3) is 0.233. The van der Waals surface area contributed by atoms with Crippen molar-refractivity contribution >= 4 is 46.1 Å². The third-order valence-corrected chi connectivity index (χ3v) is 6.98. The first-order valence-corrected chi connectivity index (χ1v) is 13.2. The molecule has 1 aliphatic rings. The van der Waals surface area contributed by atoms with E-state index in [0.29, 0.717) is 59.7 Å². The molecule has 39 heavy (non-hydrogen) atoms. The van der Waals surface area contributed by atoms with Crippen LogP contribution in [0.25, 0.3) is 22.3 Å². The van der Waals surface area contributed by atoms with Crippen LogP contribution in [-0.4, -0.2) is 57.4 Å². The summed E-state index contributed by atoms with van der Waals surface area (Å²) in [6.45, 7) is 0.849. The molecule has 2 heterocycles. The van der Waals surface area contributed by atoms with Gasteiger partial charge in [-0.25, -0.2) is 9.97 Å². The number of carbonyl (C=O) groups excluding carboxylic acids is 2. The summed E-state index contributed by atoms with van der Waals surface area (Å²) < 4.78 is 0. The minimum atomic E-state index is -0.830. The average molecular weight is 543 g/mol. The number of aromatic nitrogens is 2. The van der Waals surface area contributed by atoms with Gasteiger partial charge in [0.25, 0.3) is 5.91 Å². The van der Waals surface area contributed by atoms with Crippen molar-refractivity contribution in [2.45, 2.75) is 25.7 Å². The zero-order chi connectivity index (χ0) is 27.4. The highest BCUT2D eigenvalue weighted by Gasteiger charge is 2.28. The third kappa shape index (κ3) is 6.07. The van der Waals surface area contributed by atoms with Crippen LogP contribution < -0.4 is 4.90 Å². The normalized spacial score (nSPS) is 13.6. The molecule has 1 saturated heterocycles. The van der Waals surface area contributed by atoms with Crippen LogP contribution in [0.4, 0.5) is 5.69 Å². The average Bonchev–Trinajstić information content (AvgIpc) is 2.95. The number of hydrogen-bond donors (Lipinski definition) is 1. The molecule has 0 radical (unpaired) electrons. The van der Waals surface area contributed by atoms with E-state index in [2.05, 4.69) is 0 Å². The Kier molecular flexibility index (Phi) is 7.84. The van der Waals surface area contributed by atoms with Gasteiger partial charge in [0.2, 0.25) is 5.91 Å². The lowest BCUT2D eigenvalue weighted by Gasteiger charge is -2.34. The van der Waals surface area contributed by atoms with Gasteiger partial charge in [0.05, 0.1) is 22.4 Å². The first kappa shape index (κ1) is 26.3. The molecule has 1 N–H and O–H groups in total. The first-order valence-electron chi connectivity index (χ1n) is 12.8. The van der Waals surface area contributed by atoms with Crippen molar-refractivity contribution in [2.24, 2.45) is 0 Å². The molecule has 4 aromatic rings. The predicted octanol–water partition coefficient (Wildman–Crippen LogP) is 5.24. The summed E-state index contributed by atoms with van der Waals surface area (Å²) in [4.78, 5) is 50.1. The summed E-state index contributed by atoms with van der Waals surface area (Å²) in [7, 11) is 0. The minimum absolute atomic E-state index is 0.00176. The Morgan fingerprint density at radius 3 is 2.38 bits per heavy atom. The number of hydrogen-bond acceptors (Lipinski definition) is 5. The lowest BCUT2D eigenvalue weighted by atomic mass is 10.0. The topological polar surface area (TPSA) is 104 Å². The molecule has 1 aliphatic heterocycles. The van der Waals surface area contributed by atoms with E-state index < -0.39 is 5.97 Å². The second kappa shape index (κ2) is 11.6. The molecule has 0 aliphatic carbocycles. The van der Waals surface area contributed by atoms with Gasteiger partial charge in [-0.2, -0.15) is 0 Å². The maximum atomic E-state index is 13.4. The van der Waals surface area contributed by atoms with Crippen molar-refractivity contribution < 1.29 is 19.5 Å². The number of halogens is 1. The largest absolute Gasteiger partial charge is 0.481 e. The van der Waals surface area contributed by atoms with Gasteiger partial charge in [0, 0.05) is 41.3 Å². The number of piperazine rings is 1. The standard InChI is InChI=1S/C30H27ClN4O4/c31-22-13-10-20(11-14-22)29-25(8-4-5-9-28(37)38)32-26-18-21(12-15-24(26)33-29)30(39)34-16-17-35(27(36)19-34)23-6-2-1-3-7-23/h1-3,6-7,10-15,18H,4-5,8-9,16-17,19H2,(H,37,38). The summed E-state index contributed by atoms with van der Waals surface area (Å²) in [5, 5.41) is 9.60. The van der Waals surface area contributed by atoms with Gasteiger partial charge in [0.15, 0.2) is 0 Å². The summed E-state index contributed by atoms with van der Waals surface area (Å²) in [5.74, 6) is -1.19. The number of amides is 2. The number of benzene rings is 3. The quantitative estimate of drug-likeness (QED) is 0.305. The van der Waals surface area contributed by atoms with Gasteiger partial charge in [-0.05, 0) is 61.7 Å². The Bertz CT molecular complexity index is 1530. The second-order valence-electron chi connectivity index (χ2n) is 9.44. The molecule has 0 unspecified atom stereocenters. The SMILES string of the molecule is O=C(O)CCCCc1nc2cc(C(=O)N3CCN(c4ccccc4)C(=O)C3)ccc2nc1-c1ccc(Cl)cc1. The van der Waals surface area contributed by atoms with Gasteiger partial charge in [-0.15, -0.1) is 0 Å². The van der Waals surface area contributed by atoms with E-state index in [0.717, 1.165) is 16.9 Å². The fourth-order valence-corrected chi connectivity index (χ4v) is 4.84. The molecular weight excluding hydrogens is 516 g/mol. The number of fused-ring (bicyclic) bond motifs is 1. The highest BCUT2D eigenvalue weighted by Crippen LogP contribution is 2.27. The lowest BCUT2D eigenvalue weighted by molar-refractivity contribution is -0.137. The second-order valence-corrected chi connectivity index (χ2v) is 9.87. The van der Waals surface area contributed by atoms with Crippen molar-refractivity contribution in [3.05, 3.63) is 89.1 Å². The van der Waals surface area contributed by atoms with Gasteiger partial charge in [-0.1, -0.05) is 41.9 Å². The molecule has 198 valence electrons. The number of unbranched alkanes of at least 4 members (excludes halogenated alkanes) is 1. The van der Waals surface area contributed by atoms with Gasteiger partial charge < -0.3 is 14.9 Å². The molecule has 8 nitrogen and oxygen atoms in total. The highest BCUT2D eigenvalue weighted by molar-refractivity contribution is 6.30. The Hall–Kier alpha value is -4.30. The number of aryl methyl sites for hydroxylation is 1. The van der Waals surface area contributed by atoms with Crippen LogP contribution in [0.5, 0.6) is 0 Å². The van der Waals surface area contributed by atoms with Crippen molar-refractivity contribution in [3.63, 3.8) is 0 Å². The maximum Gasteiger partial charge on any atom is 0.303 e. The molecular formula is C30H27ClN4O4. The number of para-hydroxylation sites is 1. The van der Waals surface area contributed by atoms with Crippen LogP contribution >= 0.6 is 11.6 Å². The van der Waals surface area contributed by atoms with Gasteiger partial charge in [0.1, 0.15) is 6.54 Å².